The number of rotatable bonds is 7. The monoisotopic (exact) mass is 585 g/mol. The third kappa shape index (κ3) is 5.91. The topological polar surface area (TPSA) is 95.7 Å². The summed E-state index contributed by atoms with van der Waals surface area (Å²) in [6.45, 7) is 4.00. The molecule has 1 saturated heterocycles. The summed E-state index contributed by atoms with van der Waals surface area (Å²) in [5.74, 6) is 0.0867. The van der Waals surface area contributed by atoms with Gasteiger partial charge >= 0.3 is 0 Å². The molecule has 2 unspecified atom stereocenters. The third-order valence-corrected chi connectivity index (χ3v) is 8.39. The van der Waals surface area contributed by atoms with Crippen LogP contribution in [0.3, 0.4) is 0 Å². The van der Waals surface area contributed by atoms with E-state index in [-0.39, 0.29) is 5.82 Å². The van der Waals surface area contributed by atoms with E-state index in [1.54, 1.807) is 24.4 Å². The Morgan fingerprint density at radius 2 is 1.86 bits per heavy atom. The zero-order valence-corrected chi connectivity index (χ0v) is 24.4. The molecule has 0 radical (unpaired) electrons. The van der Waals surface area contributed by atoms with E-state index in [1.807, 2.05) is 22.9 Å². The molecule has 1 fully saturated rings. The van der Waals surface area contributed by atoms with Gasteiger partial charge in [-0.1, -0.05) is 14.9 Å². The first-order valence-corrected chi connectivity index (χ1v) is 18.0. The number of likely N-dealkylation sites (N-methyl/N-ethyl adjacent to an activating group) is 1. The van der Waals surface area contributed by atoms with Gasteiger partial charge in [-0.05, 0) is 30.3 Å². The quantitative estimate of drug-likeness (QED) is 0.327. The minimum absolute atomic E-state index is 0.308. The Hall–Kier alpha value is -1.64. The van der Waals surface area contributed by atoms with E-state index in [9.17, 15) is 12.8 Å². The highest BCUT2D eigenvalue weighted by atomic mass is 32.4. The van der Waals surface area contributed by atoms with Crippen LogP contribution in [0.2, 0.25) is 0 Å². The highest BCUT2D eigenvalue weighted by Crippen LogP contribution is 2.33. The van der Waals surface area contributed by atoms with Gasteiger partial charge in [0.15, 0.2) is 4.96 Å². The Bertz CT molecular complexity index is 1420. The van der Waals surface area contributed by atoms with E-state index in [0.29, 0.717) is 50.1 Å². The fraction of sp³-hybridized carbons (Fsp3) is 0.286. The summed E-state index contributed by atoms with van der Waals surface area (Å²) in [4.78, 5) is 14.5. The summed E-state index contributed by atoms with van der Waals surface area (Å²) in [6.07, 6.45) is 3.57. The molecular formula is C21H27FN7O2P3S2. The van der Waals surface area contributed by atoms with Crippen molar-refractivity contribution in [1.29, 1.82) is 0 Å². The van der Waals surface area contributed by atoms with Crippen molar-refractivity contribution in [2.24, 2.45) is 0 Å². The first kappa shape index (κ1) is 27.4. The highest BCUT2D eigenvalue weighted by Gasteiger charge is 2.34. The van der Waals surface area contributed by atoms with Crippen molar-refractivity contribution in [1.82, 2.24) is 28.0 Å². The summed E-state index contributed by atoms with van der Waals surface area (Å²) in [7, 11) is 2.67. The van der Waals surface area contributed by atoms with Crippen molar-refractivity contribution in [3.8, 4) is 22.6 Å². The van der Waals surface area contributed by atoms with Gasteiger partial charge in [-0.3, -0.25) is 4.40 Å². The van der Waals surface area contributed by atoms with E-state index in [4.69, 9.17) is 4.98 Å². The van der Waals surface area contributed by atoms with Crippen LogP contribution in [0.4, 0.5) is 10.3 Å². The van der Waals surface area contributed by atoms with Crippen molar-refractivity contribution < 1.29 is 12.8 Å². The molecule has 4 aromatic rings. The van der Waals surface area contributed by atoms with Crippen molar-refractivity contribution in [3.05, 3.63) is 53.9 Å². The number of benzene rings is 1. The van der Waals surface area contributed by atoms with Gasteiger partial charge in [0.1, 0.15) is 11.5 Å². The molecule has 0 amide bonds. The second kappa shape index (κ2) is 12.3. The second-order valence-electron chi connectivity index (χ2n) is 7.63. The molecular weight excluding hydrogens is 558 g/mol. The smallest absolute Gasteiger partial charge is 0.282 e. The number of imidazole rings is 1. The summed E-state index contributed by atoms with van der Waals surface area (Å²) < 4.78 is 43.2. The lowest BCUT2D eigenvalue weighted by molar-refractivity contribution is 0.454. The minimum Gasteiger partial charge on any atom is -0.353 e. The number of hydrogen-bond donors (Lipinski definition) is 1. The number of fused-ring (bicyclic) bond motifs is 1. The van der Waals surface area contributed by atoms with Crippen molar-refractivity contribution >= 4 is 58.3 Å². The third-order valence-electron chi connectivity index (χ3n) is 5.53. The van der Waals surface area contributed by atoms with Crippen LogP contribution < -0.4 is 5.32 Å². The van der Waals surface area contributed by atoms with Crippen LogP contribution >= 0.6 is 37.2 Å². The molecule has 1 aliphatic rings. The standard InChI is InChI=1S/C21H22FN7O2S2.H5P3/c1-2-27-11-12-28(33(27,30)31)10-9-24-20-23-8-7-17(25-20)19-18(15-3-5-16(22)6-4-15)26-21-29(19)13-14-32-21;1-3-2/h3-8,13-14H,2,9-12H2,1H3,(H,23,24,25);3H,1-2H2. The molecule has 15 heteroatoms. The van der Waals surface area contributed by atoms with E-state index >= 15 is 0 Å². The lowest BCUT2D eigenvalue weighted by atomic mass is 10.1. The Balaban J connectivity index is 0.000000967. The minimum atomic E-state index is -3.38. The van der Waals surface area contributed by atoms with Gasteiger partial charge in [0.25, 0.3) is 10.2 Å². The van der Waals surface area contributed by atoms with Crippen molar-refractivity contribution in [2.75, 3.05) is 38.0 Å². The van der Waals surface area contributed by atoms with Crippen LogP contribution in [-0.4, -0.2) is 69.1 Å². The maximum atomic E-state index is 13.4. The summed E-state index contributed by atoms with van der Waals surface area (Å²) in [5, 5.41) is 5.07. The number of halogens is 1. The van der Waals surface area contributed by atoms with Crippen molar-refractivity contribution in [3.63, 3.8) is 0 Å². The predicted octanol–water partition coefficient (Wildman–Crippen LogP) is 4.20. The van der Waals surface area contributed by atoms with E-state index < -0.39 is 10.2 Å². The van der Waals surface area contributed by atoms with Crippen molar-refractivity contribution in [2.45, 2.75) is 6.92 Å². The molecule has 0 aliphatic carbocycles. The fourth-order valence-corrected chi connectivity index (χ4v) is 6.19. The van der Waals surface area contributed by atoms with Gasteiger partial charge in [0.05, 0.1) is 11.4 Å². The lowest BCUT2D eigenvalue weighted by Gasteiger charge is -2.17. The van der Waals surface area contributed by atoms with Crippen LogP contribution in [0.5, 0.6) is 0 Å². The molecule has 1 aliphatic heterocycles. The zero-order chi connectivity index (χ0) is 25.7. The summed E-state index contributed by atoms with van der Waals surface area (Å²) >= 11 is 1.50. The molecule has 0 bridgehead atoms. The van der Waals surface area contributed by atoms with Crippen LogP contribution in [0.15, 0.2) is 48.1 Å². The van der Waals surface area contributed by atoms with Gasteiger partial charge < -0.3 is 5.32 Å². The SMILES string of the molecule is CCN1CCN(CCNc2nccc(-c3c(-c4ccc(F)cc4)nc4sccn34)n2)S1(=O)=O.PPP. The van der Waals surface area contributed by atoms with Crippen LogP contribution in [-0.2, 0) is 10.2 Å². The number of hydrogen-bond acceptors (Lipinski definition) is 7. The Morgan fingerprint density at radius 3 is 2.56 bits per heavy atom. The van der Waals surface area contributed by atoms with Gasteiger partial charge in [-0.15, -0.1) is 29.2 Å². The molecule has 36 heavy (non-hydrogen) atoms. The molecule has 1 aromatic carbocycles. The molecule has 192 valence electrons. The largest absolute Gasteiger partial charge is 0.353 e. The fourth-order valence-electron chi connectivity index (χ4n) is 3.87. The average molecular weight is 586 g/mol. The highest BCUT2D eigenvalue weighted by molar-refractivity contribution is 8.33. The van der Waals surface area contributed by atoms with Crippen LogP contribution in [0.1, 0.15) is 6.92 Å². The number of nitrogens with zero attached hydrogens (tertiary/aromatic N) is 6. The van der Waals surface area contributed by atoms with Gasteiger partial charge in [-0.25, -0.2) is 19.3 Å². The zero-order valence-electron chi connectivity index (χ0n) is 19.5. The summed E-state index contributed by atoms with van der Waals surface area (Å²) in [6, 6.07) is 8.00. The molecule has 4 heterocycles. The van der Waals surface area contributed by atoms with E-state index in [1.165, 1.54) is 32.1 Å². The van der Waals surface area contributed by atoms with Gasteiger partial charge in [0.2, 0.25) is 5.95 Å². The number of aromatic nitrogens is 4. The number of anilines is 1. The number of nitrogens with one attached hydrogen (secondary N) is 1. The van der Waals surface area contributed by atoms with E-state index in [2.05, 4.69) is 33.1 Å². The molecule has 1 N–H and O–H groups in total. The van der Waals surface area contributed by atoms with Crippen LogP contribution in [0.25, 0.3) is 27.6 Å². The maximum Gasteiger partial charge on any atom is 0.282 e. The Kier molecular flexibility index (Phi) is 9.34. The predicted molar refractivity (Wildman–Crippen MR) is 153 cm³/mol. The Labute approximate surface area is 220 Å². The molecule has 2 atom stereocenters. The average Bonchev–Trinajstić information content (AvgIpc) is 3.53. The van der Waals surface area contributed by atoms with Gasteiger partial charge in [-0.2, -0.15) is 17.0 Å². The molecule has 9 nitrogen and oxygen atoms in total. The lowest BCUT2D eigenvalue weighted by Crippen LogP contribution is -2.35. The first-order chi connectivity index (χ1) is 17.4. The first-order valence-electron chi connectivity index (χ1n) is 11.1. The maximum absolute atomic E-state index is 13.4. The van der Waals surface area contributed by atoms with E-state index in [0.717, 1.165) is 24.2 Å². The Morgan fingerprint density at radius 1 is 1.14 bits per heavy atom. The normalized spacial score (nSPS) is 15.7. The second-order valence-corrected chi connectivity index (χ2v) is 14.8. The molecule has 5 rings (SSSR count). The van der Waals surface area contributed by atoms with Crippen LogP contribution in [0, 0.1) is 5.82 Å². The van der Waals surface area contributed by atoms with Gasteiger partial charge in [0, 0.05) is 56.1 Å². The number of thiazole rings is 1. The molecule has 3 aromatic heterocycles. The summed E-state index contributed by atoms with van der Waals surface area (Å²) in [5.41, 5.74) is 2.93. The molecule has 0 spiro atoms. The molecule has 0 saturated carbocycles.